The number of carbonyl (C=O) groups is 1. The molecule has 1 N–H and O–H groups in total. The summed E-state index contributed by atoms with van der Waals surface area (Å²) in [5, 5.41) is 2.76. The first-order valence-electron chi connectivity index (χ1n) is 7.05. The van der Waals surface area contributed by atoms with E-state index in [-0.39, 0.29) is 12.0 Å². The first-order valence-corrected chi connectivity index (χ1v) is 7.05. The van der Waals surface area contributed by atoms with E-state index in [0.717, 1.165) is 24.4 Å². The summed E-state index contributed by atoms with van der Waals surface area (Å²) in [6.07, 6.45) is 2.41. The average molecular weight is 276 g/mol. The fourth-order valence-electron chi connectivity index (χ4n) is 2.96. The van der Waals surface area contributed by atoms with Crippen molar-refractivity contribution < 1.29 is 14.3 Å². The van der Waals surface area contributed by atoms with E-state index in [1.54, 1.807) is 0 Å². The minimum atomic E-state index is -0.0891. The Morgan fingerprint density at radius 1 is 1.40 bits per heavy atom. The van der Waals surface area contributed by atoms with Crippen molar-refractivity contribution in [2.45, 2.75) is 31.9 Å². The van der Waals surface area contributed by atoms with Crippen molar-refractivity contribution in [3.8, 4) is 11.5 Å². The van der Waals surface area contributed by atoms with Gasteiger partial charge in [-0.25, -0.2) is 0 Å². The van der Waals surface area contributed by atoms with Crippen LogP contribution >= 0.6 is 0 Å². The van der Waals surface area contributed by atoms with Crippen molar-refractivity contribution in [3.63, 3.8) is 0 Å². The van der Waals surface area contributed by atoms with Crippen LogP contribution in [-0.2, 0) is 4.79 Å². The maximum absolute atomic E-state index is 11.1. The minimum Gasteiger partial charge on any atom is -0.486 e. The molecule has 3 rings (SSSR count). The van der Waals surface area contributed by atoms with Gasteiger partial charge in [0.1, 0.15) is 12.7 Å². The third kappa shape index (κ3) is 2.58. The monoisotopic (exact) mass is 276 g/mol. The van der Waals surface area contributed by atoms with Crippen molar-refractivity contribution >= 4 is 11.6 Å². The summed E-state index contributed by atoms with van der Waals surface area (Å²) in [6.45, 7) is 3.19. The zero-order valence-corrected chi connectivity index (χ0v) is 11.9. The highest BCUT2D eigenvalue weighted by Crippen LogP contribution is 2.36. The highest BCUT2D eigenvalue weighted by molar-refractivity contribution is 5.89. The Hall–Kier alpha value is -1.75. The molecule has 0 radical (unpaired) electrons. The second kappa shape index (κ2) is 5.32. The van der Waals surface area contributed by atoms with Gasteiger partial charge >= 0.3 is 0 Å². The third-order valence-electron chi connectivity index (χ3n) is 3.95. The molecule has 2 heterocycles. The van der Waals surface area contributed by atoms with Crippen molar-refractivity contribution in [1.29, 1.82) is 0 Å². The van der Waals surface area contributed by atoms with E-state index in [1.165, 1.54) is 13.3 Å². The van der Waals surface area contributed by atoms with Crippen LogP contribution in [0.1, 0.15) is 19.8 Å². The number of benzene rings is 1. The molecule has 0 aromatic heterocycles. The first kappa shape index (κ1) is 13.2. The third-order valence-corrected chi connectivity index (χ3v) is 3.95. The summed E-state index contributed by atoms with van der Waals surface area (Å²) in [5.41, 5.74) is 0.736. The minimum absolute atomic E-state index is 0.0579. The van der Waals surface area contributed by atoms with Gasteiger partial charge in [-0.05, 0) is 38.6 Å². The van der Waals surface area contributed by atoms with E-state index in [2.05, 4.69) is 17.3 Å². The van der Waals surface area contributed by atoms with Crippen LogP contribution in [0, 0.1) is 0 Å². The SMILES string of the molecule is CC(=O)Nc1ccc2c(c1)O[C@H]([C@@H]1CCCN1C)CO2. The van der Waals surface area contributed by atoms with Crippen LogP contribution in [-0.4, -0.2) is 43.2 Å². The van der Waals surface area contributed by atoms with Crippen molar-refractivity contribution in [2.75, 3.05) is 25.5 Å². The van der Waals surface area contributed by atoms with Crippen molar-refractivity contribution in [1.82, 2.24) is 4.90 Å². The summed E-state index contributed by atoms with van der Waals surface area (Å²) >= 11 is 0. The molecule has 0 unspecified atom stereocenters. The normalized spacial score (nSPS) is 25.5. The number of rotatable bonds is 2. The van der Waals surface area contributed by atoms with Gasteiger partial charge in [-0.15, -0.1) is 0 Å². The van der Waals surface area contributed by atoms with E-state index in [9.17, 15) is 4.79 Å². The van der Waals surface area contributed by atoms with Gasteiger partial charge in [0.2, 0.25) is 5.91 Å². The van der Waals surface area contributed by atoms with Gasteiger partial charge in [0.05, 0.1) is 0 Å². The highest BCUT2D eigenvalue weighted by atomic mass is 16.6. The number of hydrogen-bond donors (Lipinski definition) is 1. The van der Waals surface area contributed by atoms with E-state index in [0.29, 0.717) is 18.4 Å². The summed E-state index contributed by atoms with van der Waals surface area (Å²) in [7, 11) is 2.13. The summed E-state index contributed by atoms with van der Waals surface area (Å²) in [5.74, 6) is 1.37. The largest absolute Gasteiger partial charge is 0.486 e. The Kier molecular flexibility index (Phi) is 3.53. The maximum atomic E-state index is 11.1. The molecule has 2 atom stereocenters. The van der Waals surface area contributed by atoms with Gasteiger partial charge in [-0.3, -0.25) is 9.69 Å². The van der Waals surface area contributed by atoms with Gasteiger partial charge in [0.15, 0.2) is 11.5 Å². The smallest absolute Gasteiger partial charge is 0.221 e. The Labute approximate surface area is 118 Å². The Morgan fingerprint density at radius 3 is 2.95 bits per heavy atom. The fraction of sp³-hybridized carbons (Fsp3) is 0.533. The lowest BCUT2D eigenvalue weighted by atomic mass is 10.1. The molecule has 0 saturated carbocycles. The Balaban J connectivity index is 1.77. The van der Waals surface area contributed by atoms with Gasteiger partial charge in [0, 0.05) is 24.7 Å². The summed E-state index contributed by atoms with van der Waals surface area (Å²) < 4.78 is 11.9. The Morgan fingerprint density at radius 2 is 2.25 bits per heavy atom. The molecular formula is C15H20N2O3. The zero-order valence-electron chi connectivity index (χ0n) is 11.9. The van der Waals surface area contributed by atoms with Crippen LogP contribution in [0.5, 0.6) is 11.5 Å². The van der Waals surface area contributed by atoms with E-state index < -0.39 is 0 Å². The van der Waals surface area contributed by atoms with Crippen molar-refractivity contribution in [3.05, 3.63) is 18.2 Å². The lowest BCUT2D eigenvalue weighted by molar-refractivity contribution is -0.114. The van der Waals surface area contributed by atoms with Gasteiger partial charge < -0.3 is 14.8 Å². The van der Waals surface area contributed by atoms with Gasteiger partial charge in [-0.1, -0.05) is 0 Å². The molecule has 0 spiro atoms. The number of fused-ring (bicyclic) bond motifs is 1. The van der Waals surface area contributed by atoms with Crippen LogP contribution in [0.4, 0.5) is 5.69 Å². The molecule has 0 bridgehead atoms. The van der Waals surface area contributed by atoms with Crippen LogP contribution in [0.25, 0.3) is 0 Å². The van der Waals surface area contributed by atoms with E-state index in [1.807, 2.05) is 18.2 Å². The molecule has 5 nitrogen and oxygen atoms in total. The van der Waals surface area contributed by atoms with Crippen LogP contribution in [0.15, 0.2) is 18.2 Å². The van der Waals surface area contributed by atoms with E-state index >= 15 is 0 Å². The number of likely N-dealkylation sites (N-methyl/N-ethyl adjacent to an activating group) is 1. The molecule has 2 aliphatic heterocycles. The number of likely N-dealkylation sites (tertiary alicyclic amines) is 1. The van der Waals surface area contributed by atoms with Gasteiger partial charge in [-0.2, -0.15) is 0 Å². The molecule has 1 aromatic carbocycles. The number of nitrogens with zero attached hydrogens (tertiary/aromatic N) is 1. The number of ether oxygens (including phenoxy) is 2. The fourth-order valence-corrected chi connectivity index (χ4v) is 2.96. The second-order valence-corrected chi connectivity index (χ2v) is 5.50. The van der Waals surface area contributed by atoms with E-state index in [4.69, 9.17) is 9.47 Å². The van der Waals surface area contributed by atoms with Crippen molar-refractivity contribution in [2.24, 2.45) is 0 Å². The van der Waals surface area contributed by atoms with Crippen LogP contribution in [0.3, 0.4) is 0 Å². The molecule has 5 heteroatoms. The molecule has 1 saturated heterocycles. The molecule has 108 valence electrons. The molecule has 0 aliphatic carbocycles. The molecule has 20 heavy (non-hydrogen) atoms. The average Bonchev–Trinajstić information content (AvgIpc) is 2.83. The molecular weight excluding hydrogens is 256 g/mol. The number of hydrogen-bond acceptors (Lipinski definition) is 4. The van der Waals surface area contributed by atoms with Crippen LogP contribution in [0.2, 0.25) is 0 Å². The first-order chi connectivity index (χ1) is 9.63. The number of amides is 1. The van der Waals surface area contributed by atoms with Gasteiger partial charge in [0.25, 0.3) is 0 Å². The van der Waals surface area contributed by atoms with Crippen LogP contribution < -0.4 is 14.8 Å². The predicted octanol–water partition coefficient (Wildman–Crippen LogP) is 1.88. The molecule has 1 fully saturated rings. The topological polar surface area (TPSA) is 50.8 Å². The number of anilines is 1. The number of nitrogens with one attached hydrogen (secondary N) is 1. The number of carbonyl (C=O) groups excluding carboxylic acids is 1. The lowest BCUT2D eigenvalue weighted by Crippen LogP contribution is -2.45. The molecule has 2 aliphatic rings. The maximum Gasteiger partial charge on any atom is 0.221 e. The lowest BCUT2D eigenvalue weighted by Gasteiger charge is -2.33. The summed E-state index contributed by atoms with van der Waals surface area (Å²) in [4.78, 5) is 13.4. The second-order valence-electron chi connectivity index (χ2n) is 5.50. The molecule has 1 amide bonds. The quantitative estimate of drug-likeness (QED) is 0.896. The molecule has 1 aromatic rings. The zero-order chi connectivity index (χ0) is 14.1. The standard InChI is InChI=1S/C15H20N2O3/c1-10(18)16-11-5-6-13-14(8-11)20-15(9-19-13)12-4-3-7-17(12)2/h5-6,8,12,15H,3-4,7,9H2,1-2H3,(H,16,18)/t12-,15-/m0/s1. The predicted molar refractivity (Wildman–Crippen MR) is 76.3 cm³/mol. The summed E-state index contributed by atoms with van der Waals surface area (Å²) in [6, 6.07) is 5.91. The highest BCUT2D eigenvalue weighted by Gasteiger charge is 2.34. The Bertz CT molecular complexity index is 518.